The van der Waals surface area contributed by atoms with Crippen molar-refractivity contribution in [3.8, 4) is 33.4 Å². The van der Waals surface area contributed by atoms with Crippen molar-refractivity contribution in [3.05, 3.63) is 131 Å². The number of benzene rings is 4. The summed E-state index contributed by atoms with van der Waals surface area (Å²) in [5.41, 5.74) is 14.0. The largest absolute Gasteiger partial charge is 0.147 e. The van der Waals surface area contributed by atoms with Gasteiger partial charge in [0, 0.05) is 26.2 Å². The molecule has 0 aromatic heterocycles. The zero-order valence-electron chi connectivity index (χ0n) is 18.8. The monoisotopic (exact) mass is 558 g/mol. The minimum Gasteiger partial charge on any atom is -0.147 e. The van der Waals surface area contributed by atoms with Gasteiger partial charge in [-0.25, -0.2) is 0 Å². The predicted molar refractivity (Wildman–Crippen MR) is 146 cm³/mol. The van der Waals surface area contributed by atoms with Crippen LogP contribution in [0.1, 0.15) is 23.1 Å². The summed E-state index contributed by atoms with van der Waals surface area (Å²) in [6.07, 6.45) is 9.87. The van der Waals surface area contributed by atoms with E-state index in [1.54, 1.807) is 0 Å². The van der Waals surface area contributed by atoms with Crippen molar-refractivity contribution in [3.63, 3.8) is 0 Å². The Balaban J connectivity index is 0.00000108. The first-order chi connectivity index (χ1) is 15.4. The van der Waals surface area contributed by atoms with Crippen molar-refractivity contribution in [2.45, 2.75) is 19.3 Å². The van der Waals surface area contributed by atoms with Crippen molar-refractivity contribution in [2.24, 2.45) is 0 Å². The Kier molecular flexibility index (Phi) is 8.94. The van der Waals surface area contributed by atoms with Crippen molar-refractivity contribution < 1.29 is 26.2 Å². The summed E-state index contributed by atoms with van der Waals surface area (Å²) in [5, 5.41) is 0. The number of hydrogen-bond acceptors (Lipinski definition) is 0. The second-order valence-electron chi connectivity index (χ2n) is 8.53. The minimum atomic E-state index is 0. The topological polar surface area (TPSA) is 0 Å². The molecule has 0 fully saturated rings. The molecular formula is C31H26Cl2Zr. The van der Waals surface area contributed by atoms with E-state index in [4.69, 9.17) is 0 Å². The molecule has 4 aromatic carbocycles. The fraction of sp³-hybridized carbons (Fsp3) is 0.0968. The molecular weight excluding hydrogens is 534 g/mol. The molecule has 0 spiro atoms. The summed E-state index contributed by atoms with van der Waals surface area (Å²) in [6.45, 7) is 0. The molecule has 0 saturated heterocycles. The predicted octanol–water partition coefficient (Wildman–Crippen LogP) is 8.86. The molecule has 0 heterocycles. The number of halogens is 2. The molecule has 2 aliphatic carbocycles. The normalized spacial score (nSPS) is 12.5. The molecule has 6 rings (SSSR count). The first-order valence-corrected chi connectivity index (χ1v) is 11.1. The van der Waals surface area contributed by atoms with Crippen LogP contribution in [0.15, 0.2) is 115 Å². The van der Waals surface area contributed by atoms with Gasteiger partial charge in [0.15, 0.2) is 0 Å². The van der Waals surface area contributed by atoms with E-state index in [2.05, 4.69) is 109 Å². The summed E-state index contributed by atoms with van der Waals surface area (Å²) >= 11 is 0. The van der Waals surface area contributed by atoms with Gasteiger partial charge in [-0.3, -0.25) is 0 Å². The zero-order valence-corrected chi connectivity index (χ0v) is 22.9. The molecule has 0 N–H and O–H groups in total. The van der Waals surface area contributed by atoms with Crippen molar-refractivity contribution in [1.29, 1.82) is 0 Å². The molecule has 168 valence electrons. The molecule has 0 atom stereocenters. The smallest absolute Gasteiger partial charge is 0 e. The maximum Gasteiger partial charge on any atom is 0 e. The first kappa shape index (κ1) is 26.4. The third-order valence-corrected chi connectivity index (χ3v) is 6.64. The van der Waals surface area contributed by atoms with E-state index < -0.39 is 0 Å². The molecule has 4 aromatic rings. The van der Waals surface area contributed by atoms with Crippen LogP contribution in [-0.4, -0.2) is 0 Å². The van der Waals surface area contributed by atoms with Gasteiger partial charge in [-0.05, 0) is 69.3 Å². The van der Waals surface area contributed by atoms with Crippen LogP contribution in [0.2, 0.25) is 0 Å². The van der Waals surface area contributed by atoms with Gasteiger partial charge >= 0.3 is 0 Å². The van der Waals surface area contributed by atoms with Crippen molar-refractivity contribution >= 4 is 24.8 Å². The van der Waals surface area contributed by atoms with E-state index in [1.807, 2.05) is 0 Å². The average Bonchev–Trinajstić information content (AvgIpc) is 3.48. The van der Waals surface area contributed by atoms with E-state index in [-0.39, 0.29) is 51.0 Å². The molecule has 0 amide bonds. The van der Waals surface area contributed by atoms with Gasteiger partial charge < -0.3 is 0 Å². The Morgan fingerprint density at radius 1 is 0.618 bits per heavy atom. The van der Waals surface area contributed by atoms with E-state index in [1.165, 1.54) is 55.6 Å². The Morgan fingerprint density at radius 2 is 1.26 bits per heavy atom. The van der Waals surface area contributed by atoms with Gasteiger partial charge in [-0.2, -0.15) is 0 Å². The molecule has 0 nitrogen and oxygen atoms in total. The van der Waals surface area contributed by atoms with Crippen LogP contribution in [0.4, 0.5) is 0 Å². The Bertz CT molecular complexity index is 1340. The van der Waals surface area contributed by atoms with Gasteiger partial charge in [0.2, 0.25) is 0 Å². The Morgan fingerprint density at radius 3 is 1.94 bits per heavy atom. The fourth-order valence-electron chi connectivity index (χ4n) is 5.09. The van der Waals surface area contributed by atoms with Gasteiger partial charge in [0.05, 0.1) is 0 Å². The molecule has 3 heteroatoms. The van der Waals surface area contributed by atoms with Crippen LogP contribution in [0.25, 0.3) is 33.4 Å². The van der Waals surface area contributed by atoms with Crippen molar-refractivity contribution in [1.82, 2.24) is 0 Å². The van der Waals surface area contributed by atoms with Gasteiger partial charge in [-0.15, -0.1) is 24.8 Å². The molecule has 0 bridgehead atoms. The van der Waals surface area contributed by atoms with Gasteiger partial charge in [-0.1, -0.05) is 115 Å². The maximum absolute atomic E-state index is 2.40. The molecule has 34 heavy (non-hydrogen) atoms. The molecule has 0 aliphatic heterocycles. The zero-order chi connectivity index (χ0) is 20.6. The van der Waals surface area contributed by atoms with Gasteiger partial charge in [0.25, 0.3) is 0 Å². The first-order valence-electron chi connectivity index (χ1n) is 11.1. The molecule has 0 unspecified atom stereocenters. The SMILES string of the molecule is C1=CCC(Cc2c(-c3ccccc3)ccc3c2Cc2cc(-c4ccccc4)ccc2-3)=C1.Cl.Cl.[Zr]. The van der Waals surface area contributed by atoms with Crippen LogP contribution in [0.3, 0.4) is 0 Å². The second-order valence-corrected chi connectivity index (χ2v) is 8.53. The quantitative estimate of drug-likeness (QED) is 0.206. The number of rotatable bonds is 4. The summed E-state index contributed by atoms with van der Waals surface area (Å²) in [6, 6.07) is 33.2. The third-order valence-electron chi connectivity index (χ3n) is 6.64. The van der Waals surface area contributed by atoms with E-state index in [9.17, 15) is 0 Å². The van der Waals surface area contributed by atoms with Gasteiger partial charge in [0.1, 0.15) is 0 Å². The number of fused-ring (bicyclic) bond motifs is 3. The molecule has 2 aliphatic rings. The van der Waals surface area contributed by atoms with E-state index in [0.717, 1.165) is 19.3 Å². The molecule has 0 radical (unpaired) electrons. The average molecular weight is 561 g/mol. The van der Waals surface area contributed by atoms with E-state index in [0.29, 0.717) is 0 Å². The van der Waals surface area contributed by atoms with Crippen LogP contribution in [0.5, 0.6) is 0 Å². The Hall–Kier alpha value is -2.18. The second kappa shape index (κ2) is 11.5. The number of hydrogen-bond donors (Lipinski definition) is 0. The number of allylic oxidation sites excluding steroid dienone is 4. The molecule has 0 saturated carbocycles. The summed E-state index contributed by atoms with van der Waals surface area (Å²) in [5.74, 6) is 0. The summed E-state index contributed by atoms with van der Waals surface area (Å²) in [7, 11) is 0. The van der Waals surface area contributed by atoms with Crippen LogP contribution in [0, 0.1) is 0 Å². The standard InChI is InChI=1S/C31H24.2ClH.Zr/c1-3-11-23(12-4-1)25-15-16-28-26(20-25)21-31-29(28)18-17-27(24-13-5-2-6-14-24)30(31)19-22-9-7-8-10-22;;;/h1-9,11-18,20H,10,19,21H2;2*1H;. The maximum atomic E-state index is 2.40. The Labute approximate surface area is 233 Å². The fourth-order valence-corrected chi connectivity index (χ4v) is 5.09. The van der Waals surface area contributed by atoms with Crippen LogP contribution in [-0.2, 0) is 39.0 Å². The summed E-state index contributed by atoms with van der Waals surface area (Å²) in [4.78, 5) is 0. The summed E-state index contributed by atoms with van der Waals surface area (Å²) < 4.78 is 0. The van der Waals surface area contributed by atoms with Crippen molar-refractivity contribution in [2.75, 3.05) is 0 Å². The minimum absolute atomic E-state index is 0. The van der Waals surface area contributed by atoms with Crippen LogP contribution < -0.4 is 0 Å². The third kappa shape index (κ3) is 4.94. The van der Waals surface area contributed by atoms with Crippen LogP contribution >= 0.6 is 24.8 Å². The van der Waals surface area contributed by atoms with E-state index >= 15 is 0 Å².